The number of carbonyl (C=O) groups excluding carboxylic acids is 1. The second kappa shape index (κ2) is 17.6. The van der Waals surface area contributed by atoms with Crippen LogP contribution >= 0.6 is 0 Å². The minimum absolute atomic E-state index is 0.106. The van der Waals surface area contributed by atoms with Crippen molar-refractivity contribution >= 4 is 5.97 Å². The summed E-state index contributed by atoms with van der Waals surface area (Å²) in [7, 11) is 6.44. The largest absolute Gasteiger partial charge is 0.459 e. The molecule has 6 N–H and O–H groups in total. The highest BCUT2D eigenvalue weighted by Crippen LogP contribution is 2.40. The topological polar surface area (TPSA) is 197 Å². The highest BCUT2D eigenvalue weighted by Gasteiger charge is 2.54. The first-order chi connectivity index (χ1) is 24.2. The van der Waals surface area contributed by atoms with Crippen LogP contribution in [0.4, 0.5) is 0 Å². The van der Waals surface area contributed by atoms with E-state index < -0.39 is 113 Å². The number of methoxy groups -OCH3 is 1. The third-order valence-corrected chi connectivity index (χ3v) is 12.4. The van der Waals surface area contributed by atoms with Crippen molar-refractivity contribution in [3.05, 3.63) is 0 Å². The maximum atomic E-state index is 14.2. The zero-order valence-corrected chi connectivity index (χ0v) is 34.6. The van der Waals surface area contributed by atoms with Gasteiger partial charge in [-0.3, -0.25) is 4.79 Å². The van der Waals surface area contributed by atoms with Crippen LogP contribution in [0.15, 0.2) is 0 Å². The Labute approximate surface area is 317 Å². The summed E-state index contributed by atoms with van der Waals surface area (Å²) in [6.07, 6.45) is -9.31. The van der Waals surface area contributed by atoms with Crippen LogP contribution in [-0.4, -0.2) is 171 Å². The molecule has 312 valence electrons. The number of quaternary nitrogens is 1. The van der Waals surface area contributed by atoms with E-state index in [9.17, 15) is 35.5 Å². The number of ether oxygens (including phenoxy) is 6. The van der Waals surface area contributed by atoms with Crippen LogP contribution in [0.3, 0.4) is 0 Å². The first-order valence-electron chi connectivity index (χ1n) is 19.3. The molecule has 3 fully saturated rings. The molecule has 0 aromatic heterocycles. The number of likely N-dealkylation sites (N-methyl/N-ethyl adjacent to an activating group) is 2. The van der Waals surface area contributed by atoms with E-state index >= 15 is 0 Å². The third kappa shape index (κ3) is 10.5. The molecule has 3 aliphatic heterocycles. The lowest BCUT2D eigenvalue weighted by Gasteiger charge is -2.48. The SMILES string of the molecule is CC[C@H]1OC(=O)[C@H](C)[C@@H](O[C@H]2C[C@@](C)(OC)[C@@H](O)[C@H](C)O2)[C@H](C)[C@@H](O[C@@H]2O[C@H](C)C[C@H]([N+](C)(C)O)[C@H]2O)[C@](C)(O)C[C@@H](C)CN(C)[C@H](C)[C@@H](O)[C@]1(C)O. The van der Waals surface area contributed by atoms with Crippen LogP contribution in [0, 0.1) is 17.8 Å². The van der Waals surface area contributed by atoms with Crippen molar-refractivity contribution in [1.82, 2.24) is 4.90 Å². The number of aliphatic hydroxyl groups is 5. The predicted molar refractivity (Wildman–Crippen MR) is 194 cm³/mol. The van der Waals surface area contributed by atoms with Crippen molar-refractivity contribution in [1.29, 1.82) is 0 Å². The summed E-state index contributed by atoms with van der Waals surface area (Å²) in [5.41, 5.74) is -4.48. The second-order valence-corrected chi connectivity index (χ2v) is 17.7. The molecule has 18 atom stereocenters. The molecular weight excluding hydrogens is 692 g/mol. The molecule has 0 aromatic rings. The van der Waals surface area contributed by atoms with E-state index in [4.69, 9.17) is 28.4 Å². The first-order valence-corrected chi connectivity index (χ1v) is 19.3. The Morgan fingerprint density at radius 3 is 2.09 bits per heavy atom. The van der Waals surface area contributed by atoms with Gasteiger partial charge in [-0.2, -0.15) is 4.65 Å². The summed E-state index contributed by atoms with van der Waals surface area (Å²) in [6.45, 7) is 17.7. The van der Waals surface area contributed by atoms with Gasteiger partial charge in [-0.1, -0.05) is 20.8 Å². The fraction of sp³-hybridized carbons (Fsp3) is 0.974. The normalized spacial score (nSPS) is 49.1. The van der Waals surface area contributed by atoms with Gasteiger partial charge in [-0.15, -0.1) is 0 Å². The van der Waals surface area contributed by atoms with Crippen LogP contribution in [0.25, 0.3) is 0 Å². The molecule has 0 aromatic carbocycles. The molecule has 0 bridgehead atoms. The molecule has 15 heteroatoms. The number of hydrogen-bond acceptors (Lipinski definition) is 14. The maximum Gasteiger partial charge on any atom is 0.311 e. The Morgan fingerprint density at radius 2 is 1.55 bits per heavy atom. The number of rotatable bonds is 7. The Kier molecular flexibility index (Phi) is 15.4. The summed E-state index contributed by atoms with van der Waals surface area (Å²) < 4.78 is 36.8. The van der Waals surface area contributed by atoms with E-state index in [1.165, 1.54) is 14.0 Å². The van der Waals surface area contributed by atoms with Crippen molar-refractivity contribution in [2.24, 2.45) is 17.8 Å². The Morgan fingerprint density at radius 1 is 0.943 bits per heavy atom. The lowest BCUT2D eigenvalue weighted by molar-refractivity contribution is -1.09. The van der Waals surface area contributed by atoms with Gasteiger partial charge in [0.2, 0.25) is 0 Å². The quantitative estimate of drug-likeness (QED) is 0.125. The highest BCUT2D eigenvalue weighted by molar-refractivity contribution is 5.73. The Hall–Kier alpha value is -1.05. The third-order valence-electron chi connectivity index (χ3n) is 12.4. The molecule has 0 radical (unpaired) electrons. The molecule has 15 nitrogen and oxygen atoms in total. The van der Waals surface area contributed by atoms with Crippen LogP contribution in [0.5, 0.6) is 0 Å². The standard InChI is InChI=1S/C38H73N2O13/c1-15-27-38(10,46)31(42)24(6)39(11)19-20(2)17-36(8,45)33(53-35-29(41)26(40(12,13)47)16-21(3)49-35)22(4)30(23(5)34(44)51-27)52-28-18-37(9,48-14)32(43)25(7)50-28/h20-33,35,41-43,45-47H,15-19H2,1-14H3/q+1/t20-,21-,22+,23-,24-,25+,26+,27-,28+,29-,30+,31-,32+,33-,35+,36-,37-,38-/m1/s1. The van der Waals surface area contributed by atoms with E-state index in [-0.39, 0.29) is 25.2 Å². The molecule has 0 saturated carbocycles. The number of nitrogens with zero attached hydrogens (tertiary/aromatic N) is 2. The van der Waals surface area contributed by atoms with E-state index in [1.807, 2.05) is 25.8 Å². The minimum Gasteiger partial charge on any atom is -0.459 e. The summed E-state index contributed by atoms with van der Waals surface area (Å²) in [6, 6.07) is -1.23. The zero-order valence-electron chi connectivity index (χ0n) is 34.6. The predicted octanol–water partition coefficient (Wildman–Crippen LogP) is 1.80. The Bertz CT molecular complexity index is 1190. The van der Waals surface area contributed by atoms with Gasteiger partial charge in [-0.25, -0.2) is 5.21 Å². The molecule has 0 amide bonds. The van der Waals surface area contributed by atoms with Crippen molar-refractivity contribution in [3.8, 4) is 0 Å². The maximum absolute atomic E-state index is 14.2. The minimum atomic E-state index is -1.82. The highest BCUT2D eigenvalue weighted by atomic mass is 16.7. The molecule has 53 heavy (non-hydrogen) atoms. The number of carbonyl (C=O) groups is 1. The smallest absolute Gasteiger partial charge is 0.311 e. The van der Waals surface area contributed by atoms with Gasteiger partial charge < -0.3 is 58.9 Å². The molecule has 3 saturated heterocycles. The molecule has 3 heterocycles. The van der Waals surface area contributed by atoms with Crippen molar-refractivity contribution in [2.75, 3.05) is 34.8 Å². The van der Waals surface area contributed by atoms with Gasteiger partial charge in [0.05, 0.1) is 55.6 Å². The Balaban J connectivity index is 2.19. The van der Waals surface area contributed by atoms with Gasteiger partial charge in [0.15, 0.2) is 24.7 Å². The van der Waals surface area contributed by atoms with Gasteiger partial charge >= 0.3 is 5.97 Å². The molecule has 3 aliphatic rings. The second-order valence-electron chi connectivity index (χ2n) is 17.7. The summed E-state index contributed by atoms with van der Waals surface area (Å²) >= 11 is 0. The van der Waals surface area contributed by atoms with Gasteiger partial charge in [0.1, 0.15) is 23.9 Å². The van der Waals surface area contributed by atoms with E-state index in [0.717, 1.165) is 0 Å². The zero-order chi connectivity index (χ0) is 40.6. The molecular formula is C38H73N2O13+. The van der Waals surface area contributed by atoms with Crippen molar-refractivity contribution in [3.63, 3.8) is 0 Å². The molecule has 0 aliphatic carbocycles. The van der Waals surface area contributed by atoms with E-state index in [2.05, 4.69) is 0 Å². The monoisotopic (exact) mass is 766 g/mol. The first kappa shape index (κ1) is 46.3. The number of hydrogen-bond donors (Lipinski definition) is 6. The lowest BCUT2D eigenvalue weighted by Crippen LogP contribution is -2.63. The van der Waals surface area contributed by atoms with Crippen LogP contribution in [0.2, 0.25) is 0 Å². The van der Waals surface area contributed by atoms with Crippen molar-refractivity contribution < 1.29 is 68.6 Å². The van der Waals surface area contributed by atoms with E-state index in [1.54, 1.807) is 62.6 Å². The molecule has 0 unspecified atom stereocenters. The fourth-order valence-electron chi connectivity index (χ4n) is 8.85. The fourth-order valence-corrected chi connectivity index (χ4v) is 8.85. The van der Waals surface area contributed by atoms with Gasteiger partial charge in [-0.05, 0) is 74.3 Å². The van der Waals surface area contributed by atoms with Crippen LogP contribution < -0.4 is 0 Å². The van der Waals surface area contributed by atoms with Crippen molar-refractivity contribution in [2.45, 2.75) is 185 Å². The van der Waals surface area contributed by atoms with Gasteiger partial charge in [0, 0.05) is 38.5 Å². The number of esters is 1. The average molecular weight is 766 g/mol. The van der Waals surface area contributed by atoms with Crippen LogP contribution in [-0.2, 0) is 33.2 Å². The van der Waals surface area contributed by atoms with E-state index in [0.29, 0.717) is 13.0 Å². The summed E-state index contributed by atoms with van der Waals surface area (Å²) in [5.74, 6) is -2.76. The molecule has 0 spiro atoms. The summed E-state index contributed by atoms with van der Waals surface area (Å²) in [4.78, 5) is 16.1. The van der Waals surface area contributed by atoms with Crippen LogP contribution in [0.1, 0.15) is 94.9 Å². The average Bonchev–Trinajstić information content (AvgIpc) is 3.05. The number of hydroxylamine groups is 3. The lowest BCUT2D eigenvalue weighted by atomic mass is 9.77. The van der Waals surface area contributed by atoms with Gasteiger partial charge in [0.25, 0.3) is 0 Å². The summed E-state index contributed by atoms with van der Waals surface area (Å²) in [5, 5.41) is 69.1. The number of cyclic esters (lactones) is 1. The molecule has 3 rings (SSSR count). The number of aliphatic hydroxyl groups excluding tert-OH is 3.